The normalized spacial score (nSPS) is 26.5. The Balaban J connectivity index is 2.56. The summed E-state index contributed by atoms with van der Waals surface area (Å²) < 4.78 is 23.9. The van der Waals surface area contributed by atoms with E-state index in [0.717, 1.165) is 32.1 Å². The molecule has 1 N–H and O–H groups in total. The molecule has 1 saturated heterocycles. The number of nitrogens with one attached hydrogen (secondary N) is 1. The summed E-state index contributed by atoms with van der Waals surface area (Å²) >= 11 is 0. The number of hydrogen-bond acceptors (Lipinski definition) is 3. The van der Waals surface area contributed by atoms with Crippen LogP contribution in [0.25, 0.3) is 0 Å². The van der Waals surface area contributed by atoms with Crippen LogP contribution in [0.3, 0.4) is 0 Å². The van der Waals surface area contributed by atoms with Gasteiger partial charge in [-0.25, -0.2) is 8.42 Å². The molecule has 1 aliphatic rings. The van der Waals surface area contributed by atoms with Gasteiger partial charge in [-0.2, -0.15) is 0 Å². The molecule has 1 heterocycles. The van der Waals surface area contributed by atoms with Gasteiger partial charge in [-0.3, -0.25) is 0 Å². The zero-order valence-corrected chi connectivity index (χ0v) is 11.4. The van der Waals surface area contributed by atoms with Crippen LogP contribution >= 0.6 is 0 Å². The van der Waals surface area contributed by atoms with Crippen molar-refractivity contribution in [2.45, 2.75) is 63.2 Å². The Kier molecular flexibility index (Phi) is 5.76. The van der Waals surface area contributed by atoms with Gasteiger partial charge in [0.25, 0.3) is 0 Å². The van der Waals surface area contributed by atoms with Gasteiger partial charge < -0.3 is 5.32 Å². The molecule has 1 fully saturated rings. The summed E-state index contributed by atoms with van der Waals surface area (Å²) in [5.41, 5.74) is 0. The molecule has 96 valence electrons. The van der Waals surface area contributed by atoms with Crippen LogP contribution in [0.2, 0.25) is 0 Å². The molecule has 0 aliphatic carbocycles. The highest BCUT2D eigenvalue weighted by molar-refractivity contribution is 7.92. The second kappa shape index (κ2) is 6.60. The van der Waals surface area contributed by atoms with E-state index >= 15 is 0 Å². The minimum Gasteiger partial charge on any atom is -0.316 e. The monoisotopic (exact) mass is 247 g/mol. The molecule has 1 rings (SSSR count). The quantitative estimate of drug-likeness (QED) is 0.731. The zero-order valence-electron chi connectivity index (χ0n) is 10.5. The van der Waals surface area contributed by atoms with Gasteiger partial charge >= 0.3 is 0 Å². The van der Waals surface area contributed by atoms with E-state index in [1.165, 1.54) is 12.8 Å². The molecule has 1 aliphatic heterocycles. The van der Waals surface area contributed by atoms with Gasteiger partial charge in [0.05, 0.1) is 11.0 Å². The van der Waals surface area contributed by atoms with Crippen molar-refractivity contribution in [2.75, 3.05) is 12.8 Å². The molecule has 3 nitrogen and oxygen atoms in total. The summed E-state index contributed by atoms with van der Waals surface area (Å²) in [6.07, 6.45) is 7.28. The molecular formula is C12H25NO2S. The lowest BCUT2D eigenvalue weighted by molar-refractivity contribution is 0.426. The highest BCUT2D eigenvalue weighted by Crippen LogP contribution is 2.24. The van der Waals surface area contributed by atoms with Gasteiger partial charge in [-0.05, 0) is 26.3 Å². The summed E-state index contributed by atoms with van der Waals surface area (Å²) in [6, 6.07) is 0.164. The van der Waals surface area contributed by atoms with Crippen molar-refractivity contribution in [3.8, 4) is 0 Å². The summed E-state index contributed by atoms with van der Waals surface area (Å²) in [6.45, 7) is 2.17. The van der Waals surface area contributed by atoms with Crippen molar-refractivity contribution in [1.82, 2.24) is 5.32 Å². The molecule has 0 radical (unpaired) electrons. The first kappa shape index (κ1) is 14.0. The van der Waals surface area contributed by atoms with Gasteiger partial charge in [0.15, 0.2) is 9.84 Å². The molecule has 0 aromatic carbocycles. The summed E-state index contributed by atoms with van der Waals surface area (Å²) in [4.78, 5) is 0. The first-order valence-electron chi connectivity index (χ1n) is 6.50. The van der Waals surface area contributed by atoms with Crippen LogP contribution < -0.4 is 5.32 Å². The minimum absolute atomic E-state index is 0.136. The largest absolute Gasteiger partial charge is 0.316 e. The average Bonchev–Trinajstić information content (AvgIpc) is 2.25. The van der Waals surface area contributed by atoms with Gasteiger partial charge in [0.2, 0.25) is 0 Å². The van der Waals surface area contributed by atoms with Gasteiger partial charge in [0.1, 0.15) is 0 Å². The van der Waals surface area contributed by atoms with Gasteiger partial charge in [0, 0.05) is 6.04 Å². The maximum atomic E-state index is 12.0. The fourth-order valence-electron chi connectivity index (χ4n) is 2.56. The van der Waals surface area contributed by atoms with E-state index in [0.29, 0.717) is 5.75 Å². The smallest absolute Gasteiger partial charge is 0.154 e. The van der Waals surface area contributed by atoms with Crippen molar-refractivity contribution >= 4 is 9.84 Å². The number of unbranched alkanes of at least 4 members (excludes halogenated alkanes) is 2. The second-order valence-electron chi connectivity index (χ2n) is 4.79. The van der Waals surface area contributed by atoms with Crippen LogP contribution in [0.1, 0.15) is 51.9 Å². The lowest BCUT2D eigenvalue weighted by Gasteiger charge is -2.29. The summed E-state index contributed by atoms with van der Waals surface area (Å²) in [5.74, 6) is 0.392. The van der Waals surface area contributed by atoms with Gasteiger partial charge in [-0.15, -0.1) is 0 Å². The van der Waals surface area contributed by atoms with Crippen molar-refractivity contribution < 1.29 is 8.42 Å². The molecule has 0 aromatic heterocycles. The van der Waals surface area contributed by atoms with E-state index < -0.39 is 9.84 Å². The standard InChI is InChI=1S/C12H25NO2S/c1-3-4-5-8-11(13-2)12-9-6-7-10-16(12,14)15/h11-13H,3-10H2,1-2H3. The Bertz CT molecular complexity index is 287. The second-order valence-corrected chi connectivity index (χ2v) is 7.13. The molecule has 0 amide bonds. The maximum absolute atomic E-state index is 12.0. The van der Waals surface area contributed by atoms with Crippen LogP contribution in [0, 0.1) is 0 Å². The number of rotatable bonds is 6. The molecule has 0 saturated carbocycles. The number of hydrogen-bond donors (Lipinski definition) is 1. The zero-order chi connectivity index (χ0) is 12.0. The van der Waals surface area contributed by atoms with E-state index in [9.17, 15) is 8.42 Å². The molecule has 0 aromatic rings. The van der Waals surface area contributed by atoms with Crippen LogP contribution in [0.5, 0.6) is 0 Å². The summed E-state index contributed by atoms with van der Waals surface area (Å²) in [7, 11) is -0.945. The Hall–Kier alpha value is -0.0900. The average molecular weight is 247 g/mol. The van der Waals surface area contributed by atoms with Crippen LogP contribution in [-0.2, 0) is 9.84 Å². The van der Waals surface area contributed by atoms with Crippen molar-refractivity contribution in [3.63, 3.8) is 0 Å². The van der Waals surface area contributed by atoms with Crippen molar-refractivity contribution in [3.05, 3.63) is 0 Å². The van der Waals surface area contributed by atoms with Crippen LogP contribution in [-0.4, -0.2) is 32.5 Å². The molecule has 2 unspecified atom stereocenters. The first-order valence-corrected chi connectivity index (χ1v) is 8.22. The van der Waals surface area contributed by atoms with Gasteiger partial charge in [-0.1, -0.05) is 32.6 Å². The van der Waals surface area contributed by atoms with Crippen LogP contribution in [0.15, 0.2) is 0 Å². The molecule has 0 spiro atoms. The molecule has 16 heavy (non-hydrogen) atoms. The Morgan fingerprint density at radius 2 is 2.06 bits per heavy atom. The lowest BCUT2D eigenvalue weighted by atomic mass is 10.0. The highest BCUT2D eigenvalue weighted by atomic mass is 32.2. The maximum Gasteiger partial charge on any atom is 0.154 e. The van der Waals surface area contributed by atoms with Crippen molar-refractivity contribution in [1.29, 1.82) is 0 Å². The Morgan fingerprint density at radius 1 is 1.31 bits per heavy atom. The third-order valence-electron chi connectivity index (χ3n) is 3.57. The third kappa shape index (κ3) is 3.74. The van der Waals surface area contributed by atoms with E-state index in [2.05, 4.69) is 12.2 Å². The third-order valence-corrected chi connectivity index (χ3v) is 5.91. The highest BCUT2D eigenvalue weighted by Gasteiger charge is 2.34. The van der Waals surface area contributed by atoms with E-state index in [1.807, 2.05) is 7.05 Å². The topological polar surface area (TPSA) is 46.2 Å². The van der Waals surface area contributed by atoms with E-state index in [4.69, 9.17) is 0 Å². The predicted molar refractivity (Wildman–Crippen MR) is 68.4 cm³/mol. The number of sulfone groups is 1. The van der Waals surface area contributed by atoms with E-state index in [1.54, 1.807) is 0 Å². The SMILES string of the molecule is CCCCCC(NC)C1CCCCS1(=O)=O. The fourth-order valence-corrected chi connectivity index (χ4v) is 4.77. The molecule has 4 heteroatoms. The predicted octanol–water partition coefficient (Wildman–Crippen LogP) is 2.12. The van der Waals surface area contributed by atoms with E-state index in [-0.39, 0.29) is 11.3 Å². The Labute approximate surface area is 99.9 Å². The first-order chi connectivity index (χ1) is 7.61. The van der Waals surface area contributed by atoms with Crippen LogP contribution in [0.4, 0.5) is 0 Å². The molecule has 0 bridgehead atoms. The molecule has 2 atom stereocenters. The minimum atomic E-state index is -2.83. The molecular weight excluding hydrogens is 222 g/mol. The van der Waals surface area contributed by atoms with Crippen molar-refractivity contribution in [2.24, 2.45) is 0 Å². The fraction of sp³-hybridized carbons (Fsp3) is 1.00. The summed E-state index contributed by atoms with van der Waals surface area (Å²) in [5, 5.41) is 3.07. The lowest BCUT2D eigenvalue weighted by Crippen LogP contribution is -2.45. The Morgan fingerprint density at radius 3 is 2.62 bits per heavy atom.